The SMILES string of the molecule is Cc1cc([N+](=O)[O-])ccc1NCC1CCNCC1. The molecule has 0 atom stereocenters. The van der Waals surface area contributed by atoms with Crippen LogP contribution in [0.1, 0.15) is 18.4 Å². The third-order valence-electron chi connectivity index (χ3n) is 3.46. The van der Waals surface area contributed by atoms with Gasteiger partial charge in [0.25, 0.3) is 5.69 Å². The Morgan fingerprint density at radius 2 is 2.17 bits per heavy atom. The molecule has 2 N–H and O–H groups in total. The standard InChI is InChI=1S/C13H19N3O2/c1-10-8-12(16(17)18)2-3-13(10)15-9-11-4-6-14-7-5-11/h2-3,8,11,14-15H,4-7,9H2,1H3. The smallest absolute Gasteiger partial charge is 0.269 e. The number of hydrogen-bond acceptors (Lipinski definition) is 4. The van der Waals surface area contributed by atoms with Crippen molar-refractivity contribution in [2.45, 2.75) is 19.8 Å². The fourth-order valence-electron chi connectivity index (χ4n) is 2.30. The Labute approximate surface area is 107 Å². The molecule has 0 aromatic heterocycles. The number of nitrogens with one attached hydrogen (secondary N) is 2. The minimum atomic E-state index is -0.358. The van der Waals surface area contributed by atoms with Crippen LogP contribution < -0.4 is 10.6 Å². The van der Waals surface area contributed by atoms with Crippen molar-refractivity contribution in [3.63, 3.8) is 0 Å². The van der Waals surface area contributed by atoms with Gasteiger partial charge in [0, 0.05) is 24.4 Å². The predicted octanol–water partition coefficient (Wildman–Crippen LogP) is 2.31. The molecular formula is C13H19N3O2. The Morgan fingerprint density at radius 3 is 2.78 bits per heavy atom. The van der Waals surface area contributed by atoms with Gasteiger partial charge in [-0.1, -0.05) is 0 Å². The molecule has 1 saturated heterocycles. The van der Waals surface area contributed by atoms with Crippen molar-refractivity contribution in [3.05, 3.63) is 33.9 Å². The summed E-state index contributed by atoms with van der Waals surface area (Å²) in [6, 6.07) is 4.97. The van der Waals surface area contributed by atoms with Gasteiger partial charge in [-0.2, -0.15) is 0 Å². The first-order valence-electron chi connectivity index (χ1n) is 6.36. The summed E-state index contributed by atoms with van der Waals surface area (Å²) in [6.45, 7) is 5.02. The van der Waals surface area contributed by atoms with E-state index in [4.69, 9.17) is 0 Å². The van der Waals surface area contributed by atoms with Gasteiger partial charge in [0.1, 0.15) is 0 Å². The first kappa shape index (κ1) is 12.8. The van der Waals surface area contributed by atoms with Gasteiger partial charge in [-0.15, -0.1) is 0 Å². The summed E-state index contributed by atoms with van der Waals surface area (Å²) in [5, 5.41) is 17.4. The summed E-state index contributed by atoms with van der Waals surface area (Å²) >= 11 is 0. The molecule has 1 heterocycles. The second kappa shape index (κ2) is 5.82. The summed E-state index contributed by atoms with van der Waals surface area (Å²) in [6.07, 6.45) is 2.39. The van der Waals surface area contributed by atoms with Crippen molar-refractivity contribution in [2.24, 2.45) is 5.92 Å². The average molecular weight is 249 g/mol. The molecule has 5 nitrogen and oxygen atoms in total. The number of nitro benzene ring substituents is 1. The van der Waals surface area contributed by atoms with Crippen LogP contribution in [0.15, 0.2) is 18.2 Å². The summed E-state index contributed by atoms with van der Waals surface area (Å²) in [7, 11) is 0. The van der Waals surface area contributed by atoms with E-state index in [1.165, 1.54) is 12.8 Å². The van der Waals surface area contributed by atoms with Crippen LogP contribution in [-0.4, -0.2) is 24.6 Å². The molecule has 1 aliphatic heterocycles. The number of rotatable bonds is 4. The molecule has 2 rings (SSSR count). The lowest BCUT2D eigenvalue weighted by Gasteiger charge is -2.23. The summed E-state index contributed by atoms with van der Waals surface area (Å²) < 4.78 is 0. The van der Waals surface area contributed by atoms with Crippen LogP contribution in [0, 0.1) is 23.0 Å². The quantitative estimate of drug-likeness (QED) is 0.634. The molecule has 0 bridgehead atoms. The summed E-state index contributed by atoms with van der Waals surface area (Å²) in [4.78, 5) is 10.3. The van der Waals surface area contributed by atoms with Crippen molar-refractivity contribution in [2.75, 3.05) is 25.0 Å². The third kappa shape index (κ3) is 3.20. The van der Waals surface area contributed by atoms with Crippen molar-refractivity contribution < 1.29 is 4.92 Å². The normalized spacial score (nSPS) is 16.5. The van der Waals surface area contributed by atoms with Gasteiger partial charge in [-0.25, -0.2) is 0 Å². The fraction of sp³-hybridized carbons (Fsp3) is 0.538. The topological polar surface area (TPSA) is 67.2 Å². The van der Waals surface area contributed by atoms with Crippen LogP contribution in [0.4, 0.5) is 11.4 Å². The number of piperidine rings is 1. The van der Waals surface area contributed by atoms with Gasteiger partial charge < -0.3 is 10.6 Å². The maximum atomic E-state index is 10.6. The lowest BCUT2D eigenvalue weighted by molar-refractivity contribution is -0.384. The third-order valence-corrected chi connectivity index (χ3v) is 3.46. The molecule has 0 aliphatic carbocycles. The Morgan fingerprint density at radius 1 is 1.44 bits per heavy atom. The molecule has 18 heavy (non-hydrogen) atoms. The molecule has 0 radical (unpaired) electrons. The molecule has 1 aromatic carbocycles. The lowest BCUT2D eigenvalue weighted by atomic mass is 9.98. The molecular weight excluding hydrogens is 230 g/mol. The van der Waals surface area contributed by atoms with Crippen LogP contribution in [0.3, 0.4) is 0 Å². The van der Waals surface area contributed by atoms with Gasteiger partial charge in [-0.3, -0.25) is 10.1 Å². The predicted molar refractivity (Wildman–Crippen MR) is 71.9 cm³/mol. The van der Waals surface area contributed by atoms with Crippen LogP contribution in [0.25, 0.3) is 0 Å². The van der Waals surface area contributed by atoms with E-state index < -0.39 is 0 Å². The molecule has 1 fully saturated rings. The minimum absolute atomic E-state index is 0.153. The second-order valence-corrected chi connectivity index (χ2v) is 4.83. The maximum Gasteiger partial charge on any atom is 0.269 e. The zero-order valence-corrected chi connectivity index (χ0v) is 10.6. The average Bonchev–Trinajstić information content (AvgIpc) is 2.38. The maximum absolute atomic E-state index is 10.6. The van der Waals surface area contributed by atoms with E-state index in [0.29, 0.717) is 5.92 Å². The molecule has 1 aromatic rings. The van der Waals surface area contributed by atoms with Gasteiger partial charge in [-0.05, 0) is 50.4 Å². The Hall–Kier alpha value is -1.62. The highest BCUT2D eigenvalue weighted by Gasteiger charge is 2.13. The zero-order valence-electron chi connectivity index (χ0n) is 10.6. The van der Waals surface area contributed by atoms with Crippen molar-refractivity contribution in [1.82, 2.24) is 5.32 Å². The van der Waals surface area contributed by atoms with E-state index in [9.17, 15) is 10.1 Å². The van der Waals surface area contributed by atoms with E-state index in [1.807, 2.05) is 6.92 Å². The largest absolute Gasteiger partial charge is 0.385 e. The first-order valence-corrected chi connectivity index (χ1v) is 6.36. The minimum Gasteiger partial charge on any atom is -0.385 e. The number of anilines is 1. The Balaban J connectivity index is 1.94. The molecule has 0 unspecified atom stereocenters. The van der Waals surface area contributed by atoms with Gasteiger partial charge in [0.15, 0.2) is 0 Å². The molecule has 5 heteroatoms. The van der Waals surface area contributed by atoms with Gasteiger partial charge in [0.2, 0.25) is 0 Å². The van der Waals surface area contributed by atoms with Crippen molar-refractivity contribution in [3.8, 4) is 0 Å². The lowest BCUT2D eigenvalue weighted by Crippen LogP contribution is -2.31. The number of nitro groups is 1. The number of aryl methyl sites for hydroxylation is 1. The number of nitrogens with zero attached hydrogens (tertiary/aromatic N) is 1. The first-order chi connectivity index (χ1) is 8.66. The molecule has 1 aliphatic rings. The van der Waals surface area contributed by atoms with Crippen molar-refractivity contribution >= 4 is 11.4 Å². The molecule has 0 amide bonds. The van der Waals surface area contributed by atoms with E-state index in [2.05, 4.69) is 10.6 Å². The van der Waals surface area contributed by atoms with Gasteiger partial charge >= 0.3 is 0 Å². The van der Waals surface area contributed by atoms with Crippen LogP contribution >= 0.6 is 0 Å². The van der Waals surface area contributed by atoms with E-state index in [-0.39, 0.29) is 10.6 Å². The highest BCUT2D eigenvalue weighted by molar-refractivity contribution is 5.55. The molecule has 98 valence electrons. The zero-order chi connectivity index (χ0) is 13.0. The molecule has 0 spiro atoms. The van der Waals surface area contributed by atoms with E-state index in [0.717, 1.165) is 30.9 Å². The Bertz CT molecular complexity index is 428. The Kier molecular flexibility index (Phi) is 4.15. The van der Waals surface area contributed by atoms with Crippen LogP contribution in [0.2, 0.25) is 0 Å². The fourth-order valence-corrected chi connectivity index (χ4v) is 2.30. The van der Waals surface area contributed by atoms with E-state index >= 15 is 0 Å². The number of benzene rings is 1. The number of hydrogen-bond donors (Lipinski definition) is 2. The second-order valence-electron chi connectivity index (χ2n) is 4.83. The highest BCUT2D eigenvalue weighted by atomic mass is 16.6. The summed E-state index contributed by atoms with van der Waals surface area (Å²) in [5.74, 6) is 0.695. The summed E-state index contributed by atoms with van der Waals surface area (Å²) in [5.41, 5.74) is 2.08. The van der Waals surface area contributed by atoms with Crippen LogP contribution in [0.5, 0.6) is 0 Å². The molecule has 0 saturated carbocycles. The monoisotopic (exact) mass is 249 g/mol. The highest BCUT2D eigenvalue weighted by Crippen LogP contribution is 2.22. The van der Waals surface area contributed by atoms with E-state index in [1.54, 1.807) is 18.2 Å². The number of non-ortho nitro benzene ring substituents is 1. The van der Waals surface area contributed by atoms with Crippen LogP contribution in [-0.2, 0) is 0 Å². The van der Waals surface area contributed by atoms with Crippen molar-refractivity contribution in [1.29, 1.82) is 0 Å². The van der Waals surface area contributed by atoms with Gasteiger partial charge in [0.05, 0.1) is 4.92 Å².